The van der Waals surface area contributed by atoms with Crippen molar-refractivity contribution < 1.29 is 17.3 Å². The lowest BCUT2D eigenvalue weighted by Crippen LogP contribution is -2.55. The molecule has 0 unspecified atom stereocenters. The zero-order valence-corrected chi connectivity index (χ0v) is 17.5. The van der Waals surface area contributed by atoms with Gasteiger partial charge < -0.3 is 10.1 Å². The highest BCUT2D eigenvalue weighted by Crippen LogP contribution is 2.42. The van der Waals surface area contributed by atoms with Crippen LogP contribution in [0.3, 0.4) is 0 Å². The van der Waals surface area contributed by atoms with Gasteiger partial charge in [0.15, 0.2) is 0 Å². The maximum Gasteiger partial charge on any atom is 0.264 e. The summed E-state index contributed by atoms with van der Waals surface area (Å²) in [5.74, 6) is 0.727. The predicted octanol–water partition coefficient (Wildman–Crippen LogP) is 2.63. The van der Waals surface area contributed by atoms with E-state index < -0.39 is 27.9 Å². The Morgan fingerprint density at radius 1 is 1.20 bits per heavy atom. The summed E-state index contributed by atoms with van der Waals surface area (Å²) in [6.45, 7) is 3.42. The Kier molecular flexibility index (Phi) is 5.79. The van der Waals surface area contributed by atoms with Gasteiger partial charge in [-0.1, -0.05) is 30.3 Å². The summed E-state index contributed by atoms with van der Waals surface area (Å²) >= 11 is 0. The number of hydrogen-bond donors (Lipinski definition) is 1. The molecular formula is C21H20N4O4S. The molecule has 2 aromatic carbocycles. The number of nitrogens with one attached hydrogen (secondary N) is 1. The highest BCUT2D eigenvalue weighted by molar-refractivity contribution is 7.86. The molecule has 30 heavy (non-hydrogen) atoms. The van der Waals surface area contributed by atoms with E-state index in [0.717, 1.165) is 6.26 Å². The fourth-order valence-corrected chi connectivity index (χ4v) is 4.07. The minimum Gasteiger partial charge on any atom is -0.485 e. The van der Waals surface area contributed by atoms with Gasteiger partial charge in [0.25, 0.3) is 10.1 Å². The topological polar surface area (TPSA) is 125 Å². The van der Waals surface area contributed by atoms with E-state index in [1.54, 1.807) is 62.5 Å². The molecule has 0 bridgehead atoms. The van der Waals surface area contributed by atoms with Crippen molar-refractivity contribution in [3.05, 3.63) is 65.2 Å². The molecule has 1 aliphatic rings. The second kappa shape index (κ2) is 8.15. The zero-order chi connectivity index (χ0) is 21.9. The molecule has 0 spiro atoms. The average Bonchev–Trinajstić information content (AvgIpc) is 2.69. The van der Waals surface area contributed by atoms with Crippen LogP contribution in [0.25, 0.3) is 0 Å². The fourth-order valence-electron chi connectivity index (χ4n) is 3.35. The molecule has 1 aliphatic heterocycles. The number of nitrogens with zero attached hydrogens (tertiary/aromatic N) is 3. The van der Waals surface area contributed by atoms with Crippen LogP contribution in [0.5, 0.6) is 5.75 Å². The first kappa shape index (κ1) is 21.3. The fraction of sp³-hybridized carbons (Fsp3) is 0.286. The molecular weight excluding hydrogens is 404 g/mol. The third-order valence-electron chi connectivity index (χ3n) is 4.61. The first-order valence-corrected chi connectivity index (χ1v) is 10.9. The Labute approximate surface area is 175 Å². The van der Waals surface area contributed by atoms with Gasteiger partial charge in [0.2, 0.25) is 6.19 Å². The summed E-state index contributed by atoms with van der Waals surface area (Å²) in [6.07, 6.45) is 1.73. The lowest BCUT2D eigenvalue weighted by atomic mass is 9.85. The Morgan fingerprint density at radius 3 is 2.50 bits per heavy atom. The molecule has 0 saturated carbocycles. The van der Waals surface area contributed by atoms with Gasteiger partial charge in [0.05, 0.1) is 23.9 Å². The van der Waals surface area contributed by atoms with Crippen molar-refractivity contribution in [2.24, 2.45) is 4.99 Å². The van der Waals surface area contributed by atoms with Crippen molar-refractivity contribution in [3.63, 3.8) is 0 Å². The van der Waals surface area contributed by atoms with Crippen LogP contribution < -0.4 is 10.1 Å². The first-order valence-electron chi connectivity index (χ1n) is 9.04. The minimum absolute atomic E-state index is 0.246. The quantitative estimate of drug-likeness (QED) is 0.346. The smallest absolute Gasteiger partial charge is 0.264 e. The molecule has 9 heteroatoms. The third kappa shape index (κ3) is 4.60. The van der Waals surface area contributed by atoms with E-state index in [9.17, 15) is 18.9 Å². The van der Waals surface area contributed by atoms with Crippen molar-refractivity contribution in [1.29, 1.82) is 10.5 Å². The van der Waals surface area contributed by atoms with E-state index in [2.05, 4.69) is 16.4 Å². The number of ether oxygens (including phenoxy) is 1. The second-order valence-corrected chi connectivity index (χ2v) is 8.94. The van der Waals surface area contributed by atoms with E-state index in [0.29, 0.717) is 22.4 Å². The molecule has 0 fully saturated rings. The highest BCUT2D eigenvalue weighted by Gasteiger charge is 2.47. The van der Waals surface area contributed by atoms with Crippen LogP contribution >= 0.6 is 0 Å². The Morgan fingerprint density at radius 2 is 1.90 bits per heavy atom. The van der Waals surface area contributed by atoms with E-state index in [4.69, 9.17) is 8.92 Å². The molecule has 3 rings (SSSR count). The van der Waals surface area contributed by atoms with Gasteiger partial charge in [-0.25, -0.2) is 0 Å². The van der Waals surface area contributed by atoms with Gasteiger partial charge >= 0.3 is 0 Å². The SMILES string of the molecule is CC1(C)Oc2ccc(C#N)cc2[C@@H](NC(=NC#N)c2ccccc2)[C@@H]1OS(C)(=O)=O. The Balaban J connectivity index is 2.16. The largest absolute Gasteiger partial charge is 0.485 e. The molecule has 0 aliphatic carbocycles. The molecule has 0 radical (unpaired) electrons. The normalized spacial score (nSPS) is 20.2. The summed E-state index contributed by atoms with van der Waals surface area (Å²) in [7, 11) is -3.85. The van der Waals surface area contributed by atoms with Crippen LogP contribution in [0.2, 0.25) is 0 Å². The molecule has 1 heterocycles. The lowest BCUT2D eigenvalue weighted by molar-refractivity contribution is -0.0430. The monoisotopic (exact) mass is 424 g/mol. The van der Waals surface area contributed by atoms with Gasteiger partial charge in [-0.3, -0.25) is 4.18 Å². The van der Waals surface area contributed by atoms with Gasteiger partial charge in [0.1, 0.15) is 23.3 Å². The predicted molar refractivity (Wildman–Crippen MR) is 110 cm³/mol. The van der Waals surface area contributed by atoms with Crippen LogP contribution in [-0.4, -0.2) is 32.2 Å². The van der Waals surface area contributed by atoms with E-state index in [1.807, 2.05) is 6.07 Å². The summed E-state index contributed by atoms with van der Waals surface area (Å²) in [5.41, 5.74) is 0.500. The number of hydrogen-bond acceptors (Lipinski definition) is 7. The lowest BCUT2D eigenvalue weighted by Gasteiger charge is -2.44. The number of benzene rings is 2. The summed E-state index contributed by atoms with van der Waals surface area (Å²) in [4.78, 5) is 3.88. The van der Waals surface area contributed by atoms with Crippen LogP contribution in [0, 0.1) is 22.8 Å². The van der Waals surface area contributed by atoms with Crippen LogP contribution in [-0.2, 0) is 14.3 Å². The van der Waals surface area contributed by atoms with Gasteiger partial charge in [-0.05, 0) is 32.0 Å². The number of aliphatic imine (C=N–C) groups is 1. The van der Waals surface area contributed by atoms with Crippen molar-refractivity contribution in [1.82, 2.24) is 5.32 Å². The van der Waals surface area contributed by atoms with Crippen molar-refractivity contribution in [2.75, 3.05) is 6.26 Å². The summed E-state index contributed by atoms with van der Waals surface area (Å²) < 4.78 is 35.4. The van der Waals surface area contributed by atoms with Crippen molar-refractivity contribution in [2.45, 2.75) is 31.6 Å². The summed E-state index contributed by atoms with van der Waals surface area (Å²) in [5, 5.41) is 21.7. The first-order chi connectivity index (χ1) is 14.1. The van der Waals surface area contributed by atoms with Crippen LogP contribution in [0.4, 0.5) is 0 Å². The molecule has 0 amide bonds. The van der Waals surface area contributed by atoms with E-state index >= 15 is 0 Å². The highest BCUT2D eigenvalue weighted by atomic mass is 32.2. The maximum absolute atomic E-state index is 12.0. The Hall–Kier alpha value is -3.40. The Bertz CT molecular complexity index is 1160. The number of amidine groups is 1. The molecule has 2 aromatic rings. The van der Waals surface area contributed by atoms with Gasteiger partial charge in [-0.15, -0.1) is 0 Å². The zero-order valence-electron chi connectivity index (χ0n) is 16.7. The maximum atomic E-state index is 12.0. The average molecular weight is 424 g/mol. The van der Waals surface area contributed by atoms with E-state index in [-0.39, 0.29) is 5.84 Å². The minimum atomic E-state index is -3.85. The molecule has 8 nitrogen and oxygen atoms in total. The number of nitriles is 2. The number of fused-ring (bicyclic) bond motifs is 1. The molecule has 0 aromatic heterocycles. The van der Waals surface area contributed by atoms with Gasteiger partial charge in [-0.2, -0.15) is 23.9 Å². The van der Waals surface area contributed by atoms with Crippen LogP contribution in [0.15, 0.2) is 53.5 Å². The van der Waals surface area contributed by atoms with Crippen LogP contribution in [0.1, 0.15) is 36.6 Å². The van der Waals surface area contributed by atoms with Crippen molar-refractivity contribution in [3.8, 4) is 18.0 Å². The molecule has 154 valence electrons. The molecule has 0 saturated heterocycles. The molecule has 1 N–H and O–H groups in total. The number of rotatable bonds is 4. The third-order valence-corrected chi connectivity index (χ3v) is 5.17. The van der Waals surface area contributed by atoms with Crippen molar-refractivity contribution >= 4 is 16.0 Å². The molecule has 2 atom stereocenters. The second-order valence-electron chi connectivity index (χ2n) is 7.34. The standard InChI is InChI=1S/C21H20N4O4S/c1-21(2)19(29-30(3,26)27)18(16-11-14(12-22)9-10-17(16)28-21)25-20(24-13-23)15-7-5-4-6-8-15/h4-11,18-19H,1-3H3,(H,24,25)/t18-,19+/m1/s1. The van der Waals surface area contributed by atoms with E-state index in [1.165, 1.54) is 0 Å². The van der Waals surface area contributed by atoms with Gasteiger partial charge in [0, 0.05) is 11.1 Å². The summed E-state index contributed by atoms with van der Waals surface area (Å²) in [6, 6.07) is 15.1.